The molecule has 8 nitrogen and oxygen atoms in total. The van der Waals surface area contributed by atoms with Crippen LogP contribution in [0.4, 0.5) is 0 Å². The van der Waals surface area contributed by atoms with Crippen LogP contribution in [0.2, 0.25) is 0 Å². The fourth-order valence-electron chi connectivity index (χ4n) is 3.30. The van der Waals surface area contributed by atoms with E-state index in [2.05, 4.69) is 16.5 Å². The van der Waals surface area contributed by atoms with Gasteiger partial charge in [-0.05, 0) is 34.1 Å². The Morgan fingerprint density at radius 3 is 2.40 bits per heavy atom. The van der Waals surface area contributed by atoms with Crippen LogP contribution in [0.1, 0.15) is 44.6 Å². The highest BCUT2D eigenvalue weighted by molar-refractivity contribution is 5.81. The average molecular weight is 345 g/mol. The average Bonchev–Trinajstić information content (AvgIpc) is 3.05. The highest BCUT2D eigenvalue weighted by Crippen LogP contribution is 2.21. The second-order valence-corrected chi connectivity index (χ2v) is 6.55. The Morgan fingerprint density at radius 1 is 1.20 bits per heavy atom. The number of aryl methyl sites for hydroxylation is 3. The van der Waals surface area contributed by atoms with E-state index in [9.17, 15) is 14.4 Å². The second-order valence-electron chi connectivity index (χ2n) is 6.55. The van der Waals surface area contributed by atoms with E-state index in [-0.39, 0.29) is 5.78 Å². The fourth-order valence-corrected chi connectivity index (χ4v) is 3.30. The maximum absolute atomic E-state index is 13.1. The van der Waals surface area contributed by atoms with E-state index in [1.54, 1.807) is 18.4 Å². The molecule has 0 aliphatic rings. The summed E-state index contributed by atoms with van der Waals surface area (Å²) in [6.07, 6.45) is 0.929. The molecule has 0 unspecified atom stereocenters. The zero-order valence-electron chi connectivity index (χ0n) is 15.5. The number of carbonyl (C=O) groups is 1. The highest BCUT2D eigenvalue weighted by atomic mass is 16.2. The number of nitrogens with zero attached hydrogens (tertiary/aromatic N) is 5. The molecule has 134 valence electrons. The van der Waals surface area contributed by atoms with Crippen molar-refractivity contribution in [2.45, 2.75) is 53.6 Å². The van der Waals surface area contributed by atoms with Crippen LogP contribution in [-0.4, -0.2) is 28.9 Å². The molecule has 0 spiro atoms. The second kappa shape index (κ2) is 5.72. The first kappa shape index (κ1) is 17.2. The molecule has 0 saturated carbocycles. The molecular weight excluding hydrogens is 322 g/mol. The maximum atomic E-state index is 13.1. The molecule has 0 bridgehead atoms. The minimum atomic E-state index is -0.819. The molecule has 0 amide bonds. The molecule has 1 atom stereocenters. The van der Waals surface area contributed by atoms with E-state index in [4.69, 9.17) is 0 Å². The summed E-state index contributed by atoms with van der Waals surface area (Å²) < 4.78 is 6.21. The number of Topliss-reactive ketones (excluding diaryl/α,β-unsaturated/α-hetero) is 1. The zero-order chi connectivity index (χ0) is 18.6. The molecule has 0 saturated heterocycles. The minimum Gasteiger partial charge on any atom is -0.314 e. The summed E-state index contributed by atoms with van der Waals surface area (Å²) in [6.45, 7) is 9.71. The number of ketones is 1. The van der Waals surface area contributed by atoms with Crippen molar-refractivity contribution in [3.8, 4) is 0 Å². The van der Waals surface area contributed by atoms with E-state index in [1.165, 1.54) is 11.5 Å². The lowest BCUT2D eigenvalue weighted by molar-refractivity contribution is -0.119. The Bertz CT molecular complexity index is 1130. The van der Waals surface area contributed by atoms with Gasteiger partial charge < -0.3 is 4.57 Å². The van der Waals surface area contributed by atoms with Crippen LogP contribution in [0, 0.1) is 13.8 Å². The number of rotatable bonds is 4. The lowest BCUT2D eigenvalue weighted by atomic mass is 10.2. The Kier molecular flexibility index (Phi) is 3.93. The smallest absolute Gasteiger partial charge is 0.314 e. The van der Waals surface area contributed by atoms with Crippen LogP contribution in [0.25, 0.3) is 16.9 Å². The molecule has 0 radical (unpaired) electrons. The topological polar surface area (TPSA) is 83.3 Å². The van der Waals surface area contributed by atoms with Crippen LogP contribution in [0.3, 0.4) is 0 Å². The predicted octanol–water partition coefficient (Wildman–Crippen LogP) is 1.33. The minimum absolute atomic E-state index is 0.240. The number of imidazole rings is 2. The van der Waals surface area contributed by atoms with Crippen LogP contribution < -0.4 is 11.2 Å². The van der Waals surface area contributed by atoms with E-state index in [0.29, 0.717) is 16.9 Å². The zero-order valence-corrected chi connectivity index (χ0v) is 15.5. The molecule has 0 aliphatic heterocycles. The first-order valence-electron chi connectivity index (χ1n) is 8.42. The van der Waals surface area contributed by atoms with Gasteiger partial charge in [0.2, 0.25) is 5.78 Å². The van der Waals surface area contributed by atoms with Gasteiger partial charge in [0.15, 0.2) is 16.9 Å². The van der Waals surface area contributed by atoms with Crippen molar-refractivity contribution in [2.75, 3.05) is 0 Å². The van der Waals surface area contributed by atoms with Crippen molar-refractivity contribution in [1.82, 2.24) is 23.1 Å². The molecule has 3 rings (SSSR count). The van der Waals surface area contributed by atoms with Gasteiger partial charge in [-0.2, -0.15) is 4.98 Å². The van der Waals surface area contributed by atoms with Gasteiger partial charge in [-0.25, -0.2) is 9.36 Å². The van der Waals surface area contributed by atoms with Gasteiger partial charge in [0.05, 0.1) is 6.04 Å². The molecule has 8 heteroatoms. The normalized spacial score (nSPS) is 13.0. The van der Waals surface area contributed by atoms with Gasteiger partial charge in [0, 0.05) is 25.0 Å². The summed E-state index contributed by atoms with van der Waals surface area (Å²) >= 11 is 0. The lowest BCUT2D eigenvalue weighted by Gasteiger charge is -2.12. The van der Waals surface area contributed by atoms with Crippen LogP contribution in [0.15, 0.2) is 9.59 Å². The lowest BCUT2D eigenvalue weighted by Crippen LogP contribution is -2.42. The number of hydrogen-bond acceptors (Lipinski definition) is 4. The summed E-state index contributed by atoms with van der Waals surface area (Å²) in [7, 11) is 1.58. The molecule has 3 heterocycles. The third-order valence-electron chi connectivity index (χ3n) is 5.00. The van der Waals surface area contributed by atoms with Gasteiger partial charge in [-0.1, -0.05) is 6.92 Å². The van der Waals surface area contributed by atoms with Gasteiger partial charge in [0.25, 0.3) is 5.56 Å². The van der Waals surface area contributed by atoms with Crippen molar-refractivity contribution in [2.24, 2.45) is 7.05 Å². The molecule has 3 aromatic heterocycles. The molecule has 0 aromatic carbocycles. The largest absolute Gasteiger partial charge is 0.333 e. The monoisotopic (exact) mass is 345 g/mol. The number of carbonyl (C=O) groups excluding carboxylic acids is 1. The van der Waals surface area contributed by atoms with E-state index in [0.717, 1.165) is 28.9 Å². The van der Waals surface area contributed by atoms with Gasteiger partial charge >= 0.3 is 5.69 Å². The molecule has 0 aliphatic carbocycles. The van der Waals surface area contributed by atoms with Crippen molar-refractivity contribution < 1.29 is 4.79 Å². The first-order valence-corrected chi connectivity index (χ1v) is 8.42. The van der Waals surface area contributed by atoms with E-state index < -0.39 is 17.3 Å². The SMILES string of the molecule is CCCn1c(C)c(C)n2c3c(=O)n([C@@H](C)C(C)=O)c(=O)n(C)c3nc12. The third kappa shape index (κ3) is 2.20. The van der Waals surface area contributed by atoms with Crippen LogP contribution >= 0.6 is 0 Å². The first-order chi connectivity index (χ1) is 11.7. The van der Waals surface area contributed by atoms with E-state index >= 15 is 0 Å². The van der Waals surface area contributed by atoms with Crippen LogP contribution in [-0.2, 0) is 18.4 Å². The van der Waals surface area contributed by atoms with E-state index in [1.807, 2.05) is 13.8 Å². The molecular formula is C17H23N5O3. The van der Waals surface area contributed by atoms with Gasteiger partial charge in [-0.15, -0.1) is 0 Å². The molecule has 25 heavy (non-hydrogen) atoms. The summed E-state index contributed by atoms with van der Waals surface area (Å²) in [5, 5.41) is 0. The summed E-state index contributed by atoms with van der Waals surface area (Å²) in [5.74, 6) is 0.406. The van der Waals surface area contributed by atoms with Gasteiger partial charge in [-0.3, -0.25) is 18.6 Å². The van der Waals surface area contributed by atoms with Crippen molar-refractivity contribution in [3.63, 3.8) is 0 Å². The molecule has 0 N–H and O–H groups in total. The summed E-state index contributed by atoms with van der Waals surface area (Å²) in [4.78, 5) is 42.1. The number of aromatic nitrogens is 5. The maximum Gasteiger partial charge on any atom is 0.333 e. The molecule has 3 aromatic rings. The Labute approximate surface area is 144 Å². The highest BCUT2D eigenvalue weighted by Gasteiger charge is 2.25. The van der Waals surface area contributed by atoms with Crippen molar-refractivity contribution in [1.29, 1.82) is 0 Å². The Balaban J connectivity index is 2.57. The third-order valence-corrected chi connectivity index (χ3v) is 5.00. The van der Waals surface area contributed by atoms with Crippen molar-refractivity contribution >= 4 is 22.7 Å². The summed E-state index contributed by atoms with van der Waals surface area (Å²) in [6, 6.07) is -0.819. The van der Waals surface area contributed by atoms with Crippen LogP contribution in [0.5, 0.6) is 0 Å². The predicted molar refractivity (Wildman–Crippen MR) is 95.3 cm³/mol. The fraction of sp³-hybridized carbons (Fsp3) is 0.529. The number of hydrogen-bond donors (Lipinski definition) is 0. The standard InChI is InChI=1S/C17H23N5O3/c1-7-8-20-9(2)10(3)21-13-14(18-16(20)21)19(6)17(25)22(15(13)24)11(4)12(5)23/h11H,7-8H2,1-6H3/t11-/m0/s1. The summed E-state index contributed by atoms with van der Waals surface area (Å²) in [5.41, 5.74) is 1.60. The van der Waals surface area contributed by atoms with Crippen molar-refractivity contribution in [3.05, 3.63) is 32.2 Å². The molecule has 0 fully saturated rings. The Hall–Kier alpha value is -2.64. The quantitative estimate of drug-likeness (QED) is 0.714. The number of fused-ring (bicyclic) bond motifs is 3. The Morgan fingerprint density at radius 2 is 1.84 bits per heavy atom. The van der Waals surface area contributed by atoms with Gasteiger partial charge in [0.1, 0.15) is 0 Å².